The summed E-state index contributed by atoms with van der Waals surface area (Å²) in [6.07, 6.45) is 0.983. The van der Waals surface area contributed by atoms with Gasteiger partial charge in [0, 0.05) is 30.2 Å². The molecule has 1 aliphatic heterocycles. The summed E-state index contributed by atoms with van der Waals surface area (Å²) in [5.41, 5.74) is 2.30. The molecule has 2 amide bonds. The smallest absolute Gasteiger partial charge is 0.241 e. The summed E-state index contributed by atoms with van der Waals surface area (Å²) in [4.78, 5) is 26.6. The number of nitrogens with one attached hydrogen (secondary N) is 2. The molecule has 0 aromatic heterocycles. The molecule has 0 radical (unpaired) electrons. The van der Waals surface area contributed by atoms with Gasteiger partial charge in [-0.25, -0.2) is 8.42 Å². The molecule has 9 heteroatoms. The summed E-state index contributed by atoms with van der Waals surface area (Å²) in [5, 5.41) is 3.30. The number of nitrogens with zero attached hydrogens (tertiary/aromatic N) is 1. The molecule has 1 atom stereocenters. The molecule has 0 bridgehead atoms. The van der Waals surface area contributed by atoms with Crippen molar-refractivity contribution < 1.29 is 18.0 Å². The fourth-order valence-electron chi connectivity index (χ4n) is 3.66. The van der Waals surface area contributed by atoms with Crippen molar-refractivity contribution in [2.45, 2.75) is 51.1 Å². The van der Waals surface area contributed by atoms with Gasteiger partial charge in [-0.3, -0.25) is 9.59 Å². The Kier molecular flexibility index (Phi) is 7.59. The van der Waals surface area contributed by atoms with Crippen LogP contribution in [0.25, 0.3) is 0 Å². The Hall–Kier alpha value is -2.42. The van der Waals surface area contributed by atoms with E-state index in [1.54, 1.807) is 56.0 Å². The van der Waals surface area contributed by atoms with E-state index in [1.165, 1.54) is 6.07 Å². The zero-order valence-corrected chi connectivity index (χ0v) is 20.0. The zero-order valence-electron chi connectivity index (χ0n) is 18.4. The van der Waals surface area contributed by atoms with Crippen LogP contribution in [-0.4, -0.2) is 32.8 Å². The molecule has 0 fully saturated rings. The predicted octanol–water partition coefficient (Wildman–Crippen LogP) is 3.26. The highest BCUT2D eigenvalue weighted by molar-refractivity contribution is 7.89. The van der Waals surface area contributed by atoms with Crippen LogP contribution in [0.2, 0.25) is 5.02 Å². The molecule has 0 unspecified atom stereocenters. The minimum atomic E-state index is -3.95. The summed E-state index contributed by atoms with van der Waals surface area (Å²) in [7, 11) is -3.95. The molecule has 0 saturated heterocycles. The fourth-order valence-corrected chi connectivity index (χ4v) is 5.25. The van der Waals surface area contributed by atoms with E-state index in [9.17, 15) is 18.0 Å². The number of carbonyl (C=O) groups is 2. The predicted molar refractivity (Wildman–Crippen MR) is 125 cm³/mol. The number of anilines is 1. The third-order valence-corrected chi connectivity index (χ3v) is 7.31. The number of rotatable bonds is 8. The molecule has 3 rings (SSSR count). The lowest BCUT2D eigenvalue weighted by Crippen LogP contribution is -2.49. The number of carbonyl (C=O) groups excluding carboxylic acids is 2. The van der Waals surface area contributed by atoms with E-state index >= 15 is 0 Å². The van der Waals surface area contributed by atoms with E-state index in [2.05, 4.69) is 10.0 Å². The van der Waals surface area contributed by atoms with Gasteiger partial charge in [-0.1, -0.05) is 50.6 Å². The van der Waals surface area contributed by atoms with Gasteiger partial charge in [-0.15, -0.1) is 0 Å². The Bertz CT molecular complexity index is 1120. The van der Waals surface area contributed by atoms with Crippen LogP contribution < -0.4 is 14.9 Å². The topological polar surface area (TPSA) is 95.6 Å². The van der Waals surface area contributed by atoms with E-state index in [-0.39, 0.29) is 23.3 Å². The molecule has 7 nitrogen and oxygen atoms in total. The Morgan fingerprint density at radius 2 is 1.88 bits per heavy atom. The van der Waals surface area contributed by atoms with E-state index < -0.39 is 22.0 Å². The number of hydrogen-bond donors (Lipinski definition) is 2. The molecule has 0 saturated carbocycles. The summed E-state index contributed by atoms with van der Waals surface area (Å²) < 4.78 is 28.7. The van der Waals surface area contributed by atoms with Gasteiger partial charge in [0.2, 0.25) is 21.8 Å². The van der Waals surface area contributed by atoms with Crippen LogP contribution in [0.15, 0.2) is 47.4 Å². The SMILES string of the molecule is CCC(=O)N1CCc2cc(S(=O)(=O)N[C@H](C(=O)NCc3ccccc3Cl)C(C)C)ccc21. The first-order chi connectivity index (χ1) is 15.1. The first-order valence-electron chi connectivity index (χ1n) is 10.6. The lowest BCUT2D eigenvalue weighted by Gasteiger charge is -2.22. The van der Waals surface area contributed by atoms with Crippen LogP contribution in [0.5, 0.6) is 0 Å². The molecule has 32 heavy (non-hydrogen) atoms. The maximum atomic E-state index is 13.1. The summed E-state index contributed by atoms with van der Waals surface area (Å²) in [6.45, 7) is 6.09. The maximum Gasteiger partial charge on any atom is 0.241 e. The van der Waals surface area contributed by atoms with Crippen LogP contribution in [0.4, 0.5) is 5.69 Å². The van der Waals surface area contributed by atoms with Crippen molar-refractivity contribution in [3.05, 3.63) is 58.6 Å². The third kappa shape index (κ3) is 5.31. The van der Waals surface area contributed by atoms with Gasteiger partial charge in [0.05, 0.1) is 4.90 Å². The van der Waals surface area contributed by atoms with Crippen molar-refractivity contribution in [1.29, 1.82) is 0 Å². The summed E-state index contributed by atoms with van der Waals surface area (Å²) >= 11 is 6.13. The van der Waals surface area contributed by atoms with Gasteiger partial charge in [-0.05, 0) is 47.7 Å². The van der Waals surface area contributed by atoms with Crippen LogP contribution in [0, 0.1) is 5.92 Å². The van der Waals surface area contributed by atoms with E-state index in [1.807, 2.05) is 6.07 Å². The Morgan fingerprint density at radius 3 is 2.53 bits per heavy atom. The van der Waals surface area contributed by atoms with Crippen molar-refractivity contribution in [2.24, 2.45) is 5.92 Å². The average molecular weight is 478 g/mol. The van der Waals surface area contributed by atoms with Gasteiger partial charge < -0.3 is 10.2 Å². The molecule has 0 spiro atoms. The Balaban J connectivity index is 1.75. The maximum absolute atomic E-state index is 13.1. The van der Waals surface area contributed by atoms with E-state index in [0.717, 1.165) is 16.8 Å². The summed E-state index contributed by atoms with van der Waals surface area (Å²) in [6, 6.07) is 10.9. The van der Waals surface area contributed by atoms with Crippen molar-refractivity contribution in [2.75, 3.05) is 11.4 Å². The van der Waals surface area contributed by atoms with Gasteiger partial charge in [0.25, 0.3) is 0 Å². The third-order valence-electron chi connectivity index (χ3n) is 5.50. The highest BCUT2D eigenvalue weighted by Gasteiger charge is 2.30. The Morgan fingerprint density at radius 1 is 1.16 bits per heavy atom. The molecular weight excluding hydrogens is 450 g/mol. The second-order valence-electron chi connectivity index (χ2n) is 8.09. The van der Waals surface area contributed by atoms with Crippen LogP contribution >= 0.6 is 11.6 Å². The van der Waals surface area contributed by atoms with Crippen LogP contribution in [0.1, 0.15) is 38.3 Å². The first-order valence-corrected chi connectivity index (χ1v) is 12.5. The highest BCUT2D eigenvalue weighted by atomic mass is 35.5. The number of halogens is 1. The van der Waals surface area contributed by atoms with Crippen LogP contribution in [-0.2, 0) is 32.6 Å². The van der Waals surface area contributed by atoms with Gasteiger partial charge >= 0.3 is 0 Å². The standard InChI is InChI=1S/C23H28ClN3O4S/c1-4-21(28)27-12-11-16-13-18(9-10-20(16)27)32(30,31)26-22(15(2)3)23(29)25-14-17-7-5-6-8-19(17)24/h5-10,13,15,22,26H,4,11-12,14H2,1-3H3,(H,25,29)/t22-/m0/s1. The quantitative estimate of drug-likeness (QED) is 0.610. The lowest BCUT2D eigenvalue weighted by molar-refractivity contribution is -0.123. The molecule has 1 aliphatic rings. The van der Waals surface area contributed by atoms with Crippen LogP contribution in [0.3, 0.4) is 0 Å². The highest BCUT2D eigenvalue weighted by Crippen LogP contribution is 2.30. The zero-order chi connectivity index (χ0) is 23.5. The Labute approximate surface area is 194 Å². The monoisotopic (exact) mass is 477 g/mol. The molecule has 2 N–H and O–H groups in total. The lowest BCUT2D eigenvalue weighted by atomic mass is 10.0. The number of fused-ring (bicyclic) bond motifs is 1. The van der Waals surface area contributed by atoms with E-state index in [4.69, 9.17) is 11.6 Å². The second-order valence-corrected chi connectivity index (χ2v) is 10.2. The number of hydrogen-bond acceptors (Lipinski definition) is 4. The molecule has 1 heterocycles. The molecule has 2 aromatic rings. The van der Waals surface area contributed by atoms with Gasteiger partial charge in [-0.2, -0.15) is 4.72 Å². The van der Waals surface area contributed by atoms with Crippen molar-refractivity contribution in [3.63, 3.8) is 0 Å². The summed E-state index contributed by atoms with van der Waals surface area (Å²) in [5.74, 6) is -0.694. The second kappa shape index (κ2) is 10.0. The average Bonchev–Trinajstić information content (AvgIpc) is 3.19. The molecular formula is C23H28ClN3O4S. The van der Waals surface area contributed by atoms with Crippen molar-refractivity contribution in [3.8, 4) is 0 Å². The number of benzene rings is 2. The van der Waals surface area contributed by atoms with Gasteiger partial charge in [0.1, 0.15) is 6.04 Å². The van der Waals surface area contributed by atoms with Crippen molar-refractivity contribution >= 4 is 39.1 Å². The number of amides is 2. The number of sulfonamides is 1. The minimum absolute atomic E-state index is 0.00699. The molecule has 2 aromatic carbocycles. The largest absolute Gasteiger partial charge is 0.351 e. The molecule has 172 valence electrons. The minimum Gasteiger partial charge on any atom is -0.351 e. The first kappa shape index (κ1) is 24.2. The van der Waals surface area contributed by atoms with Gasteiger partial charge in [0.15, 0.2) is 0 Å². The normalized spacial score (nSPS) is 14.3. The molecule has 0 aliphatic carbocycles. The van der Waals surface area contributed by atoms with Crippen molar-refractivity contribution in [1.82, 2.24) is 10.0 Å². The van der Waals surface area contributed by atoms with E-state index in [0.29, 0.717) is 24.4 Å². The fraction of sp³-hybridized carbons (Fsp3) is 0.391.